The monoisotopic (exact) mass is 414 g/mol. The summed E-state index contributed by atoms with van der Waals surface area (Å²) in [5.74, 6) is -20.1. The predicted molar refractivity (Wildman–Crippen MR) is 47.7 cm³/mol. The Morgan fingerprint density at radius 3 is 0.889 bits per heavy atom. The zero-order valence-electron chi connectivity index (χ0n) is 7.60. The maximum Gasteiger partial charge on any atom is 0.381 e. The largest absolute Gasteiger partial charge is 0.381 e. The van der Waals surface area contributed by atoms with E-state index >= 15 is 0 Å². The van der Waals surface area contributed by atoms with Gasteiger partial charge in [-0.1, -0.05) is 0 Å². The molecule has 18 heavy (non-hydrogen) atoms. The van der Waals surface area contributed by atoms with Crippen LogP contribution in [-0.2, 0) is 9.59 Å². The van der Waals surface area contributed by atoms with E-state index in [-0.39, 0.29) is 0 Å². The van der Waals surface area contributed by atoms with Crippen molar-refractivity contribution < 1.29 is 44.7 Å². The third kappa shape index (κ3) is 3.19. The average molecular weight is 416 g/mol. The summed E-state index contributed by atoms with van der Waals surface area (Å²) in [6.45, 7) is 0. The van der Waals surface area contributed by atoms with Crippen molar-refractivity contribution in [1.29, 1.82) is 0 Å². The van der Waals surface area contributed by atoms with Gasteiger partial charge in [-0.05, 0) is 31.9 Å². The van der Waals surface area contributed by atoms with E-state index in [1.807, 2.05) is 0 Å². The van der Waals surface area contributed by atoms with Crippen molar-refractivity contribution in [3.8, 4) is 0 Å². The van der Waals surface area contributed by atoms with E-state index < -0.39 is 33.1 Å². The van der Waals surface area contributed by atoms with Crippen LogP contribution in [0.5, 0.6) is 0 Å². The molecule has 0 heterocycles. The number of halogens is 10. The Morgan fingerprint density at radius 1 is 0.611 bits per heavy atom. The summed E-state index contributed by atoms with van der Waals surface area (Å²) in [4.78, 5) is 10.4. The van der Waals surface area contributed by atoms with Crippen LogP contribution in [0.1, 0.15) is 0 Å². The topological polar surface area (TPSA) is 34.1 Å². The van der Waals surface area contributed by atoms with Gasteiger partial charge in [0.15, 0.2) is 0 Å². The van der Waals surface area contributed by atoms with Gasteiger partial charge in [-0.2, -0.15) is 35.1 Å². The lowest BCUT2D eigenvalue weighted by molar-refractivity contribution is -0.221. The molecule has 0 bridgehead atoms. The molecule has 106 valence electrons. The van der Waals surface area contributed by atoms with Gasteiger partial charge in [0, 0.05) is 0 Å². The van der Waals surface area contributed by atoms with Crippen molar-refractivity contribution in [3.63, 3.8) is 0 Å². The van der Waals surface area contributed by atoms with Gasteiger partial charge in [0.1, 0.15) is 0 Å². The predicted octanol–water partition coefficient (Wildman–Crippen LogP) is 3.37. The SMILES string of the molecule is O=C(C(F)(F)Br)C(F)(F)C(F)(F)C(=O)C(F)(F)Br. The zero-order valence-corrected chi connectivity index (χ0v) is 10.8. The molecule has 0 aliphatic rings. The molecule has 2 nitrogen and oxygen atoms in total. The first-order valence-electron chi connectivity index (χ1n) is 3.55. The van der Waals surface area contributed by atoms with E-state index in [1.165, 1.54) is 0 Å². The van der Waals surface area contributed by atoms with Crippen LogP contribution in [0.15, 0.2) is 0 Å². The highest BCUT2D eigenvalue weighted by atomic mass is 79.9. The van der Waals surface area contributed by atoms with E-state index in [0.717, 1.165) is 31.9 Å². The Kier molecular flexibility index (Phi) is 4.62. The van der Waals surface area contributed by atoms with Crippen molar-refractivity contribution in [2.45, 2.75) is 21.5 Å². The number of hydrogen-bond acceptors (Lipinski definition) is 2. The Morgan fingerprint density at radius 2 is 0.778 bits per heavy atom. The van der Waals surface area contributed by atoms with Crippen molar-refractivity contribution in [2.75, 3.05) is 0 Å². The van der Waals surface area contributed by atoms with Crippen molar-refractivity contribution >= 4 is 43.4 Å². The maximum absolute atomic E-state index is 12.7. The summed E-state index contributed by atoms with van der Waals surface area (Å²) in [6.07, 6.45) is 0. The number of hydrogen-bond donors (Lipinski definition) is 0. The normalized spacial score (nSPS) is 14.6. The average Bonchev–Trinajstić information content (AvgIpc) is 2.12. The Bertz CT molecular complexity index is 333. The van der Waals surface area contributed by atoms with Gasteiger partial charge in [-0.15, -0.1) is 0 Å². The third-order valence-electron chi connectivity index (χ3n) is 1.48. The van der Waals surface area contributed by atoms with Crippen LogP contribution in [0.2, 0.25) is 0 Å². The minimum absolute atomic E-state index is 1.07. The molecule has 0 N–H and O–H groups in total. The molecule has 0 spiro atoms. The second kappa shape index (κ2) is 4.69. The molecule has 0 radical (unpaired) electrons. The zero-order chi connectivity index (χ0) is 15.2. The lowest BCUT2D eigenvalue weighted by Crippen LogP contribution is -2.58. The highest BCUT2D eigenvalue weighted by Crippen LogP contribution is 2.45. The van der Waals surface area contributed by atoms with Crippen LogP contribution in [0.4, 0.5) is 35.1 Å². The number of carbonyl (C=O) groups is 2. The fraction of sp³-hybridized carbons (Fsp3) is 0.667. The molecule has 0 aromatic heterocycles. The van der Waals surface area contributed by atoms with E-state index in [2.05, 4.69) is 0 Å². The molecule has 0 saturated heterocycles. The lowest BCUT2D eigenvalue weighted by atomic mass is 10.0. The van der Waals surface area contributed by atoms with Gasteiger partial charge in [0.25, 0.3) is 11.6 Å². The first-order chi connectivity index (χ1) is 7.56. The van der Waals surface area contributed by atoms with Gasteiger partial charge < -0.3 is 0 Å². The molecule has 0 fully saturated rings. The molecule has 0 unspecified atom stereocenters. The fourth-order valence-electron chi connectivity index (χ4n) is 0.641. The summed E-state index contributed by atoms with van der Waals surface area (Å²) in [7, 11) is 0. The second-order valence-corrected chi connectivity index (χ2v) is 4.79. The van der Waals surface area contributed by atoms with Gasteiger partial charge in [0.2, 0.25) is 0 Å². The number of ketones is 2. The highest BCUT2D eigenvalue weighted by Gasteiger charge is 2.74. The van der Waals surface area contributed by atoms with Crippen molar-refractivity contribution in [3.05, 3.63) is 0 Å². The van der Waals surface area contributed by atoms with Crippen LogP contribution in [-0.4, -0.2) is 33.1 Å². The summed E-state index contributed by atoms with van der Waals surface area (Å²) in [5, 5.41) is 0. The molecule has 0 rings (SSSR count). The van der Waals surface area contributed by atoms with Gasteiger partial charge in [-0.25, -0.2) is 0 Å². The van der Waals surface area contributed by atoms with Crippen LogP contribution in [0.25, 0.3) is 0 Å². The molecule has 0 aliphatic heterocycles. The molecule has 0 saturated carbocycles. The van der Waals surface area contributed by atoms with Crippen LogP contribution >= 0.6 is 31.9 Å². The quantitative estimate of drug-likeness (QED) is 0.509. The molecule has 12 heteroatoms. The van der Waals surface area contributed by atoms with Crippen molar-refractivity contribution in [1.82, 2.24) is 0 Å². The molecule has 0 amide bonds. The van der Waals surface area contributed by atoms with Gasteiger partial charge in [-0.3, -0.25) is 9.59 Å². The fourth-order valence-corrected chi connectivity index (χ4v) is 1.14. The standard InChI is InChI=1S/C6Br2F8O2/c7-5(13,14)1(17)3(9,10)4(11,12)2(18)6(8,15)16. The van der Waals surface area contributed by atoms with Crippen LogP contribution < -0.4 is 0 Å². The minimum atomic E-state index is -6.31. The summed E-state index contributed by atoms with van der Waals surface area (Å²) in [6, 6.07) is 0. The molecule has 0 aromatic rings. The number of rotatable bonds is 5. The van der Waals surface area contributed by atoms with Crippen LogP contribution in [0, 0.1) is 0 Å². The van der Waals surface area contributed by atoms with E-state index in [1.54, 1.807) is 0 Å². The molecular weight excluding hydrogens is 416 g/mol. The molecular formula is C6Br2F8O2. The van der Waals surface area contributed by atoms with E-state index in [4.69, 9.17) is 0 Å². The second-order valence-electron chi connectivity index (χ2n) is 2.80. The molecule has 0 aromatic carbocycles. The summed E-state index contributed by atoms with van der Waals surface area (Å²) in [5.41, 5.74) is 0. The molecule has 0 atom stereocenters. The first kappa shape index (κ1) is 17.7. The molecule has 0 aliphatic carbocycles. The Balaban J connectivity index is 5.61. The summed E-state index contributed by atoms with van der Waals surface area (Å²) >= 11 is 2.13. The van der Waals surface area contributed by atoms with Gasteiger partial charge in [0.05, 0.1) is 0 Å². The number of alkyl halides is 10. The number of carbonyl (C=O) groups excluding carboxylic acids is 2. The number of Topliss-reactive ketones (excluding diaryl/α,β-unsaturated/α-hetero) is 2. The smallest absolute Gasteiger partial charge is 0.285 e. The van der Waals surface area contributed by atoms with Crippen LogP contribution in [0.3, 0.4) is 0 Å². The maximum atomic E-state index is 12.7. The Hall–Kier alpha value is -0.260. The summed E-state index contributed by atoms with van der Waals surface area (Å²) < 4.78 is 99.3. The van der Waals surface area contributed by atoms with E-state index in [0.29, 0.717) is 0 Å². The van der Waals surface area contributed by atoms with E-state index in [9.17, 15) is 44.7 Å². The lowest BCUT2D eigenvalue weighted by Gasteiger charge is -2.26. The van der Waals surface area contributed by atoms with Gasteiger partial charge >= 0.3 is 21.5 Å². The highest BCUT2D eigenvalue weighted by molar-refractivity contribution is 9.10. The first-order valence-corrected chi connectivity index (χ1v) is 5.13. The Labute approximate surface area is 110 Å². The van der Waals surface area contributed by atoms with Crippen molar-refractivity contribution in [2.24, 2.45) is 0 Å². The third-order valence-corrected chi connectivity index (χ3v) is 2.20. The minimum Gasteiger partial charge on any atom is -0.285 e.